The lowest BCUT2D eigenvalue weighted by Gasteiger charge is -2.29. The first-order valence-electron chi connectivity index (χ1n) is 8.68. The number of hydrogen-bond acceptors (Lipinski definition) is 3. The largest absolute Gasteiger partial charge is 0.383 e. The maximum atomic E-state index is 11.7. The Labute approximate surface area is 141 Å². The SMILES string of the molecule is COCCNC(=NCC(=O)N(C)C)NCC1(C)CCCCCC1. The zero-order valence-electron chi connectivity index (χ0n) is 15.3. The highest BCUT2D eigenvalue weighted by molar-refractivity contribution is 5.84. The monoisotopic (exact) mass is 326 g/mol. The van der Waals surface area contributed by atoms with E-state index in [4.69, 9.17) is 4.74 Å². The van der Waals surface area contributed by atoms with Crippen LogP contribution < -0.4 is 10.6 Å². The molecule has 134 valence electrons. The number of methoxy groups -OCH3 is 1. The van der Waals surface area contributed by atoms with Gasteiger partial charge in [0.1, 0.15) is 6.54 Å². The topological polar surface area (TPSA) is 66.0 Å². The number of guanidine groups is 1. The lowest BCUT2D eigenvalue weighted by Crippen LogP contribution is -2.44. The molecule has 0 spiro atoms. The first-order valence-corrected chi connectivity index (χ1v) is 8.68. The smallest absolute Gasteiger partial charge is 0.243 e. The number of rotatable bonds is 7. The van der Waals surface area contributed by atoms with E-state index in [1.807, 2.05) is 0 Å². The van der Waals surface area contributed by atoms with E-state index in [0.29, 0.717) is 24.5 Å². The number of likely N-dealkylation sites (N-methyl/N-ethyl adjacent to an activating group) is 1. The third-order valence-corrected chi connectivity index (χ3v) is 4.46. The van der Waals surface area contributed by atoms with Crippen molar-refractivity contribution in [1.82, 2.24) is 15.5 Å². The minimum atomic E-state index is -0.00137. The molecule has 0 bridgehead atoms. The normalized spacial score (nSPS) is 18.2. The number of carbonyl (C=O) groups excluding carboxylic acids is 1. The Morgan fingerprint density at radius 1 is 1.17 bits per heavy atom. The standard InChI is InChI=1S/C17H34N4O2/c1-17(9-7-5-6-8-10-17)14-20-16(18-11-12-23-4)19-13-15(22)21(2)3/h5-14H2,1-4H3,(H2,18,19,20). The van der Waals surface area contributed by atoms with Gasteiger partial charge in [0.2, 0.25) is 5.91 Å². The second kappa shape index (κ2) is 10.5. The maximum Gasteiger partial charge on any atom is 0.243 e. The van der Waals surface area contributed by atoms with Crippen LogP contribution in [0.5, 0.6) is 0 Å². The van der Waals surface area contributed by atoms with Crippen molar-refractivity contribution >= 4 is 11.9 Å². The number of carbonyl (C=O) groups is 1. The second-order valence-electron chi connectivity index (χ2n) is 6.95. The van der Waals surface area contributed by atoms with Crippen molar-refractivity contribution in [2.24, 2.45) is 10.4 Å². The van der Waals surface area contributed by atoms with Gasteiger partial charge in [0, 0.05) is 34.3 Å². The van der Waals surface area contributed by atoms with Crippen LogP contribution in [0.25, 0.3) is 0 Å². The van der Waals surface area contributed by atoms with Crippen LogP contribution in [0.3, 0.4) is 0 Å². The molecule has 6 nitrogen and oxygen atoms in total. The van der Waals surface area contributed by atoms with Gasteiger partial charge in [0.25, 0.3) is 0 Å². The average Bonchev–Trinajstić information content (AvgIpc) is 2.74. The highest BCUT2D eigenvalue weighted by Gasteiger charge is 2.25. The summed E-state index contributed by atoms with van der Waals surface area (Å²) in [5, 5.41) is 6.65. The summed E-state index contributed by atoms with van der Waals surface area (Å²) in [6.07, 6.45) is 7.81. The minimum absolute atomic E-state index is 0.00137. The molecule has 0 aromatic heterocycles. The van der Waals surface area contributed by atoms with E-state index >= 15 is 0 Å². The van der Waals surface area contributed by atoms with Crippen LogP contribution >= 0.6 is 0 Å². The number of nitrogens with one attached hydrogen (secondary N) is 2. The summed E-state index contributed by atoms with van der Waals surface area (Å²) in [4.78, 5) is 17.7. The summed E-state index contributed by atoms with van der Waals surface area (Å²) < 4.78 is 5.07. The molecular weight excluding hydrogens is 292 g/mol. The molecule has 0 aromatic rings. The van der Waals surface area contributed by atoms with Crippen molar-refractivity contribution in [1.29, 1.82) is 0 Å². The van der Waals surface area contributed by atoms with E-state index in [1.54, 1.807) is 26.1 Å². The Morgan fingerprint density at radius 3 is 2.39 bits per heavy atom. The number of ether oxygens (including phenoxy) is 1. The van der Waals surface area contributed by atoms with Crippen LogP contribution in [-0.4, -0.2) is 64.2 Å². The molecule has 1 aliphatic rings. The van der Waals surface area contributed by atoms with Gasteiger partial charge in [0.15, 0.2) is 5.96 Å². The van der Waals surface area contributed by atoms with Gasteiger partial charge in [-0.05, 0) is 18.3 Å². The molecule has 1 amide bonds. The summed E-state index contributed by atoms with van der Waals surface area (Å²) in [6, 6.07) is 0. The van der Waals surface area contributed by atoms with Crippen molar-refractivity contribution in [3.05, 3.63) is 0 Å². The quantitative estimate of drug-likeness (QED) is 0.323. The van der Waals surface area contributed by atoms with E-state index in [1.165, 1.54) is 38.5 Å². The number of hydrogen-bond donors (Lipinski definition) is 2. The van der Waals surface area contributed by atoms with Gasteiger partial charge in [-0.1, -0.05) is 32.6 Å². The molecule has 0 aliphatic heterocycles. The van der Waals surface area contributed by atoms with E-state index in [9.17, 15) is 4.79 Å². The summed E-state index contributed by atoms with van der Waals surface area (Å²) in [5.41, 5.74) is 0.311. The fourth-order valence-electron chi connectivity index (χ4n) is 2.79. The summed E-state index contributed by atoms with van der Waals surface area (Å²) >= 11 is 0. The van der Waals surface area contributed by atoms with E-state index in [-0.39, 0.29) is 12.5 Å². The summed E-state index contributed by atoms with van der Waals surface area (Å²) in [7, 11) is 5.17. The highest BCUT2D eigenvalue weighted by Crippen LogP contribution is 2.33. The van der Waals surface area contributed by atoms with Gasteiger partial charge < -0.3 is 20.3 Å². The summed E-state index contributed by atoms with van der Waals surface area (Å²) in [6.45, 7) is 4.69. The zero-order valence-corrected chi connectivity index (χ0v) is 15.3. The van der Waals surface area contributed by atoms with Crippen LogP contribution in [0, 0.1) is 5.41 Å². The molecule has 23 heavy (non-hydrogen) atoms. The molecule has 0 heterocycles. The van der Waals surface area contributed by atoms with Crippen LogP contribution in [0.15, 0.2) is 4.99 Å². The van der Waals surface area contributed by atoms with Crippen molar-refractivity contribution in [3.8, 4) is 0 Å². The Hall–Kier alpha value is -1.30. The van der Waals surface area contributed by atoms with E-state index in [2.05, 4.69) is 22.5 Å². The second-order valence-corrected chi connectivity index (χ2v) is 6.95. The average molecular weight is 326 g/mol. The van der Waals surface area contributed by atoms with Crippen molar-refractivity contribution in [2.75, 3.05) is 47.4 Å². The predicted molar refractivity (Wildman–Crippen MR) is 94.7 cm³/mol. The molecule has 0 unspecified atom stereocenters. The Bertz CT molecular complexity index is 375. The van der Waals surface area contributed by atoms with E-state index in [0.717, 1.165) is 6.54 Å². The molecule has 2 N–H and O–H groups in total. The maximum absolute atomic E-state index is 11.7. The molecular formula is C17H34N4O2. The minimum Gasteiger partial charge on any atom is -0.383 e. The van der Waals surface area contributed by atoms with Crippen molar-refractivity contribution in [2.45, 2.75) is 45.4 Å². The fourth-order valence-corrected chi connectivity index (χ4v) is 2.79. The Kier molecular flexibility index (Phi) is 8.99. The third-order valence-electron chi connectivity index (χ3n) is 4.46. The number of aliphatic imine (C=N–C) groups is 1. The van der Waals surface area contributed by atoms with Crippen molar-refractivity contribution < 1.29 is 9.53 Å². The molecule has 6 heteroatoms. The molecule has 1 rings (SSSR count). The van der Waals surface area contributed by atoms with Crippen LogP contribution in [0.2, 0.25) is 0 Å². The van der Waals surface area contributed by atoms with Gasteiger partial charge in [-0.2, -0.15) is 0 Å². The van der Waals surface area contributed by atoms with Gasteiger partial charge in [-0.3, -0.25) is 4.79 Å². The molecule has 0 radical (unpaired) electrons. The third kappa shape index (κ3) is 8.21. The summed E-state index contributed by atoms with van der Waals surface area (Å²) in [5.74, 6) is 0.696. The van der Waals surface area contributed by atoms with Crippen LogP contribution in [-0.2, 0) is 9.53 Å². The van der Waals surface area contributed by atoms with E-state index < -0.39 is 0 Å². The molecule has 1 saturated carbocycles. The highest BCUT2D eigenvalue weighted by atomic mass is 16.5. The van der Waals surface area contributed by atoms with Crippen molar-refractivity contribution in [3.63, 3.8) is 0 Å². The lowest BCUT2D eigenvalue weighted by molar-refractivity contribution is -0.127. The van der Waals surface area contributed by atoms with Crippen LogP contribution in [0.1, 0.15) is 45.4 Å². The molecule has 1 fully saturated rings. The van der Waals surface area contributed by atoms with Gasteiger partial charge in [0.05, 0.1) is 6.61 Å². The van der Waals surface area contributed by atoms with Gasteiger partial charge >= 0.3 is 0 Å². The van der Waals surface area contributed by atoms with Gasteiger partial charge in [-0.15, -0.1) is 0 Å². The Balaban J connectivity index is 2.56. The molecule has 0 aromatic carbocycles. The predicted octanol–water partition coefficient (Wildman–Crippen LogP) is 1.62. The first kappa shape index (κ1) is 19.7. The molecule has 0 saturated heterocycles. The first-order chi connectivity index (χ1) is 11.0. The van der Waals surface area contributed by atoms with Gasteiger partial charge in [-0.25, -0.2) is 4.99 Å². The number of nitrogens with zero attached hydrogens (tertiary/aromatic N) is 2. The molecule has 0 atom stereocenters. The Morgan fingerprint density at radius 2 is 1.83 bits per heavy atom. The zero-order chi connectivity index (χ0) is 17.1. The fraction of sp³-hybridized carbons (Fsp3) is 0.882. The number of amides is 1. The molecule has 1 aliphatic carbocycles. The van der Waals surface area contributed by atoms with Crippen LogP contribution in [0.4, 0.5) is 0 Å². The lowest BCUT2D eigenvalue weighted by atomic mass is 9.82.